The molecule has 0 aromatic heterocycles. The van der Waals surface area contributed by atoms with Gasteiger partial charge in [0.25, 0.3) is 0 Å². The third-order valence-electron chi connectivity index (χ3n) is 2.47. The summed E-state index contributed by atoms with van der Waals surface area (Å²) in [5, 5.41) is 19.5. The predicted molar refractivity (Wildman–Crippen MR) is 58.6 cm³/mol. The highest BCUT2D eigenvalue weighted by Gasteiger charge is 2.32. The molecule has 0 spiro atoms. The normalized spacial score (nSPS) is 16.2. The van der Waals surface area contributed by atoms with Crippen molar-refractivity contribution in [2.75, 3.05) is 7.11 Å². The molecule has 0 aliphatic carbocycles. The second-order valence-corrected chi connectivity index (χ2v) is 3.65. The summed E-state index contributed by atoms with van der Waals surface area (Å²) in [5.74, 6) is -1.58. The van der Waals surface area contributed by atoms with E-state index in [0.717, 1.165) is 0 Å². The van der Waals surface area contributed by atoms with E-state index in [9.17, 15) is 15.0 Å². The fourth-order valence-corrected chi connectivity index (χ4v) is 1.58. The van der Waals surface area contributed by atoms with Crippen LogP contribution < -0.4 is 0 Å². The number of rotatable bonds is 4. The van der Waals surface area contributed by atoms with Crippen LogP contribution in [0.4, 0.5) is 0 Å². The Morgan fingerprint density at radius 2 is 1.81 bits per heavy atom. The zero-order valence-corrected chi connectivity index (χ0v) is 9.33. The Kier molecular flexibility index (Phi) is 4.46. The monoisotopic (exact) mass is 224 g/mol. The van der Waals surface area contributed by atoms with Gasteiger partial charge < -0.3 is 14.9 Å². The molecule has 4 heteroatoms. The minimum absolute atomic E-state index is 0.582. The minimum atomic E-state index is -1.06. The molecule has 2 N–H and O–H groups in total. The lowest BCUT2D eigenvalue weighted by molar-refractivity contribution is -0.154. The van der Waals surface area contributed by atoms with Crippen molar-refractivity contribution >= 4 is 5.97 Å². The summed E-state index contributed by atoms with van der Waals surface area (Å²) in [6.07, 6.45) is -2.03. The van der Waals surface area contributed by atoms with E-state index in [2.05, 4.69) is 4.74 Å². The topological polar surface area (TPSA) is 66.8 Å². The molecule has 88 valence electrons. The number of hydrogen-bond acceptors (Lipinski definition) is 4. The van der Waals surface area contributed by atoms with E-state index in [0.29, 0.717) is 5.56 Å². The number of esters is 1. The van der Waals surface area contributed by atoms with Gasteiger partial charge in [-0.1, -0.05) is 30.3 Å². The zero-order valence-electron chi connectivity index (χ0n) is 9.33. The van der Waals surface area contributed by atoms with Crippen LogP contribution in [0.1, 0.15) is 18.6 Å². The third-order valence-corrected chi connectivity index (χ3v) is 2.47. The number of carbonyl (C=O) groups is 1. The second kappa shape index (κ2) is 5.63. The van der Waals surface area contributed by atoms with Crippen LogP contribution in [0.5, 0.6) is 0 Å². The van der Waals surface area contributed by atoms with Crippen LogP contribution in [0.15, 0.2) is 30.3 Å². The van der Waals surface area contributed by atoms with Gasteiger partial charge in [-0.3, -0.25) is 4.79 Å². The first-order valence-corrected chi connectivity index (χ1v) is 5.06. The highest BCUT2D eigenvalue weighted by atomic mass is 16.5. The van der Waals surface area contributed by atoms with E-state index in [1.165, 1.54) is 14.0 Å². The van der Waals surface area contributed by atoms with Gasteiger partial charge in [-0.15, -0.1) is 0 Å². The first-order valence-electron chi connectivity index (χ1n) is 5.06. The van der Waals surface area contributed by atoms with Gasteiger partial charge in [-0.2, -0.15) is 0 Å². The van der Waals surface area contributed by atoms with E-state index in [1.807, 2.05) is 6.07 Å². The second-order valence-electron chi connectivity index (χ2n) is 3.65. The van der Waals surface area contributed by atoms with Gasteiger partial charge in [0.05, 0.1) is 19.3 Å². The van der Waals surface area contributed by atoms with Crippen molar-refractivity contribution in [2.24, 2.45) is 5.92 Å². The summed E-state index contributed by atoms with van der Waals surface area (Å²) >= 11 is 0. The Labute approximate surface area is 94.5 Å². The summed E-state index contributed by atoms with van der Waals surface area (Å²) in [6, 6.07) is 8.72. The lowest BCUT2D eigenvalue weighted by Gasteiger charge is -2.23. The maximum atomic E-state index is 11.4. The minimum Gasteiger partial charge on any atom is -0.469 e. The van der Waals surface area contributed by atoms with Crippen LogP contribution in [0.3, 0.4) is 0 Å². The van der Waals surface area contributed by atoms with Crippen molar-refractivity contribution in [3.8, 4) is 0 Å². The Balaban J connectivity index is 2.92. The smallest absolute Gasteiger partial charge is 0.314 e. The Morgan fingerprint density at radius 1 is 1.25 bits per heavy atom. The van der Waals surface area contributed by atoms with Gasteiger partial charge >= 0.3 is 5.97 Å². The Hall–Kier alpha value is -1.39. The zero-order chi connectivity index (χ0) is 12.1. The average Bonchev–Trinajstić information content (AvgIpc) is 2.29. The Bertz CT molecular complexity index is 334. The van der Waals surface area contributed by atoms with E-state index in [4.69, 9.17) is 0 Å². The molecule has 3 atom stereocenters. The highest BCUT2D eigenvalue weighted by Crippen LogP contribution is 2.25. The van der Waals surface area contributed by atoms with Gasteiger partial charge in [0.15, 0.2) is 0 Å². The third kappa shape index (κ3) is 2.81. The molecule has 0 aliphatic heterocycles. The number of hydrogen-bond donors (Lipinski definition) is 2. The van der Waals surface area contributed by atoms with Gasteiger partial charge in [-0.25, -0.2) is 0 Å². The molecule has 0 radical (unpaired) electrons. The summed E-state index contributed by atoms with van der Waals surface area (Å²) in [5.41, 5.74) is 0.582. The number of aliphatic hydroxyl groups is 2. The molecule has 0 bridgehead atoms. The summed E-state index contributed by atoms with van der Waals surface area (Å²) < 4.78 is 4.56. The van der Waals surface area contributed by atoms with E-state index < -0.39 is 24.1 Å². The number of methoxy groups -OCH3 is 1. The molecule has 0 unspecified atom stereocenters. The average molecular weight is 224 g/mol. The van der Waals surface area contributed by atoms with Crippen molar-refractivity contribution in [1.29, 1.82) is 0 Å². The van der Waals surface area contributed by atoms with Crippen LogP contribution in [0, 0.1) is 5.92 Å². The van der Waals surface area contributed by atoms with Gasteiger partial charge in [0.2, 0.25) is 0 Å². The lowest BCUT2D eigenvalue weighted by Crippen LogP contribution is -2.32. The molecule has 4 nitrogen and oxygen atoms in total. The SMILES string of the molecule is COC(=O)[C@H]([C@H](C)O)[C@H](O)c1ccccc1. The molecule has 0 fully saturated rings. The largest absolute Gasteiger partial charge is 0.469 e. The molecule has 1 aromatic rings. The number of aliphatic hydroxyl groups excluding tert-OH is 2. The molecule has 0 saturated heterocycles. The fraction of sp³-hybridized carbons (Fsp3) is 0.417. The van der Waals surface area contributed by atoms with Crippen molar-refractivity contribution in [3.05, 3.63) is 35.9 Å². The van der Waals surface area contributed by atoms with E-state index in [1.54, 1.807) is 24.3 Å². The van der Waals surface area contributed by atoms with Crippen molar-refractivity contribution in [1.82, 2.24) is 0 Å². The molecule has 0 saturated carbocycles. The molecule has 1 aromatic carbocycles. The maximum Gasteiger partial charge on any atom is 0.314 e. The summed E-state index contributed by atoms with van der Waals surface area (Å²) in [4.78, 5) is 11.4. The van der Waals surface area contributed by atoms with Crippen LogP contribution in [0.25, 0.3) is 0 Å². The first-order chi connectivity index (χ1) is 7.57. The number of carbonyl (C=O) groups excluding carboxylic acids is 1. The van der Waals surface area contributed by atoms with Gasteiger partial charge in [0, 0.05) is 0 Å². The van der Waals surface area contributed by atoms with Gasteiger partial charge in [0.1, 0.15) is 5.92 Å². The predicted octanol–water partition coefficient (Wildman–Crippen LogP) is 0.890. The van der Waals surface area contributed by atoms with Crippen LogP contribution in [-0.4, -0.2) is 29.4 Å². The summed E-state index contributed by atoms with van der Waals surface area (Å²) in [7, 11) is 1.23. The molecule has 0 amide bonds. The van der Waals surface area contributed by atoms with Crippen molar-refractivity contribution < 1.29 is 19.7 Å². The molecule has 16 heavy (non-hydrogen) atoms. The van der Waals surface area contributed by atoms with E-state index >= 15 is 0 Å². The fourth-order valence-electron chi connectivity index (χ4n) is 1.58. The summed E-state index contributed by atoms with van der Waals surface area (Å²) in [6.45, 7) is 1.45. The molecule has 0 heterocycles. The van der Waals surface area contributed by atoms with Crippen molar-refractivity contribution in [3.63, 3.8) is 0 Å². The number of ether oxygens (including phenoxy) is 1. The van der Waals surface area contributed by atoms with E-state index in [-0.39, 0.29) is 0 Å². The number of benzene rings is 1. The quantitative estimate of drug-likeness (QED) is 0.745. The molecular weight excluding hydrogens is 208 g/mol. The molecule has 0 aliphatic rings. The van der Waals surface area contributed by atoms with Crippen LogP contribution in [0.2, 0.25) is 0 Å². The van der Waals surface area contributed by atoms with Gasteiger partial charge in [-0.05, 0) is 12.5 Å². The van der Waals surface area contributed by atoms with Crippen LogP contribution >= 0.6 is 0 Å². The van der Waals surface area contributed by atoms with Crippen LogP contribution in [-0.2, 0) is 9.53 Å². The maximum absolute atomic E-state index is 11.4. The standard InChI is InChI=1S/C12H16O4/c1-8(13)10(12(15)16-2)11(14)9-6-4-3-5-7-9/h3-8,10-11,13-14H,1-2H3/t8-,10+,11+/m0/s1. The lowest BCUT2D eigenvalue weighted by atomic mass is 9.91. The Morgan fingerprint density at radius 3 is 2.25 bits per heavy atom. The highest BCUT2D eigenvalue weighted by molar-refractivity contribution is 5.73. The molecular formula is C12H16O4. The van der Waals surface area contributed by atoms with Crippen molar-refractivity contribution in [2.45, 2.75) is 19.1 Å². The molecule has 1 rings (SSSR count). The first kappa shape index (κ1) is 12.7.